The zero-order chi connectivity index (χ0) is 16.8. The van der Waals surface area contributed by atoms with Crippen molar-refractivity contribution in [3.05, 3.63) is 41.0 Å². The molecule has 120 valence electrons. The summed E-state index contributed by atoms with van der Waals surface area (Å²) >= 11 is 0. The highest BCUT2D eigenvalue weighted by atomic mass is 32.2. The summed E-state index contributed by atoms with van der Waals surface area (Å²) in [5.74, 6) is 0.0689. The topological polar surface area (TPSA) is 108 Å². The lowest BCUT2D eigenvalue weighted by Crippen LogP contribution is -2.20. The van der Waals surface area contributed by atoms with Crippen molar-refractivity contribution in [1.82, 2.24) is 14.8 Å². The van der Waals surface area contributed by atoms with Crippen LogP contribution in [-0.4, -0.2) is 34.8 Å². The number of aromatic nitrogens is 3. The van der Waals surface area contributed by atoms with Crippen molar-refractivity contribution in [2.45, 2.75) is 18.2 Å². The smallest absolute Gasteiger partial charge is 0.248 e. The van der Waals surface area contributed by atoms with Crippen molar-refractivity contribution in [2.75, 3.05) is 5.75 Å². The SMILES string of the molecule is Cc1c(C(N)=O)ccc2c1C(=Cc1ncnn1C)CCS2(=O)=O. The Morgan fingerprint density at radius 3 is 2.74 bits per heavy atom. The Hall–Kier alpha value is -2.48. The van der Waals surface area contributed by atoms with Crippen molar-refractivity contribution in [2.24, 2.45) is 12.8 Å². The monoisotopic (exact) mass is 332 g/mol. The Kier molecular flexibility index (Phi) is 3.56. The third kappa shape index (κ3) is 2.55. The van der Waals surface area contributed by atoms with Gasteiger partial charge in [-0.25, -0.2) is 18.1 Å². The van der Waals surface area contributed by atoms with Gasteiger partial charge in [0, 0.05) is 18.2 Å². The van der Waals surface area contributed by atoms with Crippen molar-refractivity contribution >= 4 is 27.4 Å². The molecule has 0 radical (unpaired) electrons. The summed E-state index contributed by atoms with van der Waals surface area (Å²) in [6, 6.07) is 2.93. The van der Waals surface area contributed by atoms with Gasteiger partial charge in [0.1, 0.15) is 6.33 Å². The second-order valence-electron chi connectivity index (χ2n) is 5.46. The number of benzene rings is 1. The summed E-state index contributed by atoms with van der Waals surface area (Å²) in [5, 5.41) is 4.00. The summed E-state index contributed by atoms with van der Waals surface area (Å²) in [4.78, 5) is 16.0. The lowest BCUT2D eigenvalue weighted by Gasteiger charge is -2.22. The zero-order valence-electron chi connectivity index (χ0n) is 12.8. The first-order chi connectivity index (χ1) is 10.8. The van der Waals surface area contributed by atoms with Gasteiger partial charge < -0.3 is 5.73 Å². The van der Waals surface area contributed by atoms with E-state index >= 15 is 0 Å². The summed E-state index contributed by atoms with van der Waals surface area (Å²) in [7, 11) is -1.61. The molecule has 23 heavy (non-hydrogen) atoms. The number of nitrogens with zero attached hydrogens (tertiary/aromatic N) is 3. The summed E-state index contributed by atoms with van der Waals surface area (Å²) in [6.45, 7) is 1.71. The highest BCUT2D eigenvalue weighted by Gasteiger charge is 2.29. The first-order valence-electron chi connectivity index (χ1n) is 7.02. The van der Waals surface area contributed by atoms with Crippen molar-refractivity contribution < 1.29 is 13.2 Å². The van der Waals surface area contributed by atoms with Crippen LogP contribution in [0.3, 0.4) is 0 Å². The van der Waals surface area contributed by atoms with E-state index in [0.29, 0.717) is 28.9 Å². The van der Waals surface area contributed by atoms with E-state index in [2.05, 4.69) is 10.1 Å². The fraction of sp³-hybridized carbons (Fsp3) is 0.267. The van der Waals surface area contributed by atoms with Gasteiger partial charge in [0.05, 0.1) is 10.6 Å². The number of carbonyl (C=O) groups excluding carboxylic acids is 1. The minimum atomic E-state index is -3.36. The predicted molar refractivity (Wildman–Crippen MR) is 85.2 cm³/mol. The summed E-state index contributed by atoms with van der Waals surface area (Å²) in [5.41, 5.74) is 7.65. The molecule has 2 N–H and O–H groups in total. The number of primary amides is 1. The number of hydrogen-bond donors (Lipinski definition) is 1. The summed E-state index contributed by atoms with van der Waals surface area (Å²) in [6.07, 6.45) is 3.59. The number of amides is 1. The molecule has 7 nitrogen and oxygen atoms in total. The van der Waals surface area contributed by atoms with Gasteiger partial charge >= 0.3 is 0 Å². The maximum Gasteiger partial charge on any atom is 0.248 e. The largest absolute Gasteiger partial charge is 0.366 e. The standard InChI is InChI=1S/C15H16N4O3S/c1-9-11(15(16)20)3-4-12-14(9)10(5-6-23(12,21)22)7-13-17-8-18-19(13)2/h3-4,7-8H,5-6H2,1-2H3,(H2,16,20). The van der Waals surface area contributed by atoms with Crippen LogP contribution in [0.4, 0.5) is 0 Å². The van der Waals surface area contributed by atoms with Crippen molar-refractivity contribution in [3.8, 4) is 0 Å². The summed E-state index contributed by atoms with van der Waals surface area (Å²) < 4.78 is 26.3. The van der Waals surface area contributed by atoms with Crippen molar-refractivity contribution in [1.29, 1.82) is 0 Å². The number of hydrogen-bond acceptors (Lipinski definition) is 5. The number of sulfone groups is 1. The lowest BCUT2D eigenvalue weighted by atomic mass is 9.93. The minimum Gasteiger partial charge on any atom is -0.366 e. The Balaban J connectivity index is 2.29. The van der Waals surface area contributed by atoms with Crippen LogP contribution in [0.1, 0.15) is 33.7 Å². The van der Waals surface area contributed by atoms with Crippen LogP contribution in [-0.2, 0) is 16.9 Å². The molecule has 0 saturated heterocycles. The van der Waals surface area contributed by atoms with Gasteiger partial charge in [-0.1, -0.05) is 0 Å². The van der Waals surface area contributed by atoms with E-state index in [1.807, 2.05) is 0 Å². The molecule has 0 fully saturated rings. The average Bonchev–Trinajstić information content (AvgIpc) is 2.87. The molecule has 0 aliphatic carbocycles. The van der Waals surface area contributed by atoms with E-state index in [9.17, 15) is 13.2 Å². The second-order valence-corrected chi connectivity index (χ2v) is 7.53. The third-order valence-corrected chi connectivity index (χ3v) is 5.79. The Bertz CT molecular complexity index is 942. The van der Waals surface area contributed by atoms with Crippen LogP contribution >= 0.6 is 0 Å². The predicted octanol–water partition coefficient (Wildman–Crippen LogP) is 0.940. The molecule has 1 aromatic carbocycles. The maximum atomic E-state index is 12.3. The van der Waals surface area contributed by atoms with Crippen LogP contribution in [0.5, 0.6) is 0 Å². The molecule has 3 rings (SSSR count). The van der Waals surface area contributed by atoms with Gasteiger partial charge in [0.2, 0.25) is 5.91 Å². The quantitative estimate of drug-likeness (QED) is 0.880. The van der Waals surface area contributed by atoms with Crippen LogP contribution < -0.4 is 5.73 Å². The second kappa shape index (κ2) is 5.31. The zero-order valence-corrected chi connectivity index (χ0v) is 13.6. The Morgan fingerprint density at radius 2 is 2.13 bits per heavy atom. The molecule has 0 spiro atoms. The molecule has 8 heteroatoms. The van der Waals surface area contributed by atoms with E-state index in [1.165, 1.54) is 18.5 Å². The van der Waals surface area contributed by atoms with Crippen LogP contribution in [0.15, 0.2) is 23.4 Å². The molecular formula is C15H16N4O3S. The minimum absolute atomic E-state index is 0.0268. The molecule has 1 aliphatic heterocycles. The Labute approximate surface area is 133 Å². The molecule has 0 saturated carbocycles. The fourth-order valence-corrected chi connectivity index (χ4v) is 4.41. The van der Waals surface area contributed by atoms with Gasteiger partial charge in [-0.2, -0.15) is 5.10 Å². The van der Waals surface area contributed by atoms with Gasteiger partial charge in [-0.05, 0) is 42.7 Å². The number of carbonyl (C=O) groups is 1. The molecule has 1 amide bonds. The molecular weight excluding hydrogens is 316 g/mol. The fourth-order valence-electron chi connectivity index (χ4n) is 2.83. The van der Waals surface area contributed by atoms with Gasteiger partial charge in [-0.3, -0.25) is 4.79 Å². The number of nitrogens with two attached hydrogens (primary N) is 1. The Morgan fingerprint density at radius 1 is 1.39 bits per heavy atom. The highest BCUT2D eigenvalue weighted by Crippen LogP contribution is 2.37. The number of aryl methyl sites for hydroxylation is 1. The lowest BCUT2D eigenvalue weighted by molar-refractivity contribution is 0.0999. The van der Waals surface area contributed by atoms with Crippen LogP contribution in [0.2, 0.25) is 0 Å². The number of allylic oxidation sites excluding steroid dienone is 1. The highest BCUT2D eigenvalue weighted by molar-refractivity contribution is 7.91. The number of fused-ring (bicyclic) bond motifs is 1. The van der Waals surface area contributed by atoms with Crippen LogP contribution in [0, 0.1) is 6.92 Å². The first kappa shape index (κ1) is 15.4. The molecule has 0 unspecified atom stereocenters. The molecule has 1 aromatic heterocycles. The molecule has 1 aliphatic rings. The normalized spacial score (nSPS) is 17.9. The van der Waals surface area contributed by atoms with Gasteiger partial charge in [-0.15, -0.1) is 0 Å². The number of rotatable bonds is 2. The molecule has 2 aromatic rings. The molecule has 0 atom stereocenters. The van der Waals surface area contributed by atoms with Gasteiger partial charge in [0.15, 0.2) is 15.7 Å². The average molecular weight is 332 g/mol. The van der Waals surface area contributed by atoms with E-state index in [4.69, 9.17) is 5.73 Å². The maximum absolute atomic E-state index is 12.3. The molecule has 2 heterocycles. The third-order valence-electron chi connectivity index (χ3n) is 4.04. The van der Waals surface area contributed by atoms with Gasteiger partial charge in [0.25, 0.3) is 0 Å². The van der Waals surface area contributed by atoms with Crippen molar-refractivity contribution in [3.63, 3.8) is 0 Å². The van der Waals surface area contributed by atoms with E-state index in [0.717, 1.165) is 5.57 Å². The molecule has 0 bridgehead atoms. The first-order valence-corrected chi connectivity index (χ1v) is 8.67. The van der Waals surface area contributed by atoms with E-state index in [1.54, 1.807) is 24.7 Å². The van der Waals surface area contributed by atoms with E-state index in [-0.39, 0.29) is 10.6 Å². The van der Waals surface area contributed by atoms with E-state index < -0.39 is 15.7 Å². The van der Waals surface area contributed by atoms with Crippen LogP contribution in [0.25, 0.3) is 11.6 Å².